The van der Waals surface area contributed by atoms with Gasteiger partial charge in [-0.2, -0.15) is 0 Å². The number of benzene rings is 7. The van der Waals surface area contributed by atoms with E-state index in [4.69, 9.17) is 12.7 Å². The van der Waals surface area contributed by atoms with E-state index in [-0.39, 0.29) is 57.3 Å². The van der Waals surface area contributed by atoms with Gasteiger partial charge in [0.25, 0.3) is 0 Å². The minimum Gasteiger partial charge on any atom is -0.228 e. The van der Waals surface area contributed by atoms with E-state index >= 15 is 0 Å². The third-order valence-electron chi connectivity index (χ3n) is 9.42. The van der Waals surface area contributed by atoms with Crippen molar-refractivity contribution in [3.8, 4) is 56.2 Å². The van der Waals surface area contributed by atoms with Crippen LogP contribution >= 0.6 is 0 Å². The second kappa shape index (κ2) is 10.6. The zero-order chi connectivity index (χ0) is 36.8. The lowest BCUT2D eigenvalue weighted by atomic mass is 9.81. The van der Waals surface area contributed by atoms with Gasteiger partial charge in [0, 0.05) is 22.1 Å². The molecule has 0 N–H and O–H groups in total. The van der Waals surface area contributed by atoms with E-state index < -0.39 is 12.1 Å². The molecule has 1 aliphatic rings. The molecule has 222 valence electrons. The predicted molar refractivity (Wildman–Crippen MR) is 196 cm³/mol. The van der Waals surface area contributed by atoms with Crippen LogP contribution in [0.4, 0.5) is 0 Å². The molecule has 0 atom stereocenters. The minimum atomic E-state index is -0.425. The fourth-order valence-corrected chi connectivity index (χ4v) is 7.06. The molecule has 1 aliphatic carbocycles. The average Bonchev–Trinajstić information content (AvgIpc) is 3.41. The summed E-state index contributed by atoms with van der Waals surface area (Å²) in [5.41, 5.74) is 7.57. The first kappa shape index (κ1) is 21.8. The van der Waals surface area contributed by atoms with E-state index in [2.05, 4.69) is 44.2 Å². The van der Waals surface area contributed by atoms with Gasteiger partial charge in [0.15, 0.2) is 5.82 Å². The van der Waals surface area contributed by atoms with Crippen LogP contribution in [0.5, 0.6) is 0 Å². The molecule has 0 saturated carbocycles. The molecule has 1 aromatic heterocycles. The van der Waals surface area contributed by atoms with Gasteiger partial charge < -0.3 is 0 Å². The molecule has 0 radical (unpaired) electrons. The highest BCUT2D eigenvalue weighted by Crippen LogP contribution is 2.54. The summed E-state index contributed by atoms with van der Waals surface area (Å²) in [6.45, 7) is 4.37. The molecular formula is C45H32N2. The van der Waals surface area contributed by atoms with Gasteiger partial charge in [-0.15, -0.1) is 0 Å². The Morgan fingerprint density at radius 1 is 0.489 bits per heavy atom. The fourth-order valence-electron chi connectivity index (χ4n) is 7.06. The molecule has 9 rings (SSSR count). The molecule has 0 saturated heterocycles. The largest absolute Gasteiger partial charge is 0.228 e. The van der Waals surface area contributed by atoms with E-state index in [9.17, 15) is 5.48 Å². The summed E-state index contributed by atoms with van der Waals surface area (Å²) < 4.78 is 55.6. The van der Waals surface area contributed by atoms with Crippen LogP contribution < -0.4 is 0 Å². The van der Waals surface area contributed by atoms with Crippen molar-refractivity contribution in [2.45, 2.75) is 19.3 Å². The van der Waals surface area contributed by atoms with Crippen LogP contribution in [-0.2, 0) is 5.41 Å². The molecule has 2 nitrogen and oxygen atoms in total. The Bertz CT molecular complexity index is 2760. The summed E-state index contributed by atoms with van der Waals surface area (Å²) in [6.07, 6.45) is 0. The van der Waals surface area contributed by atoms with Gasteiger partial charge in [-0.3, -0.25) is 0 Å². The van der Waals surface area contributed by atoms with Crippen LogP contribution in [0.25, 0.3) is 77.7 Å². The molecule has 7 aromatic carbocycles. The zero-order valence-corrected chi connectivity index (χ0v) is 25.9. The monoisotopic (exact) mass is 606 g/mol. The summed E-state index contributed by atoms with van der Waals surface area (Å²) in [5, 5.41) is 2.48. The SMILES string of the molecule is [2H]c1c([2H])c([2H])c2c(-c3cccc4c3-c3cc5ccccc5cc3C4(C)C)c([2H])c([2H])c(-c3nc(-c4ccccc4)cc(-c4ccccc4)n3)c2c1[2H]. The molecule has 0 spiro atoms. The van der Waals surface area contributed by atoms with Crippen LogP contribution in [0.1, 0.15) is 33.2 Å². The summed E-state index contributed by atoms with van der Waals surface area (Å²) in [7, 11) is 0. The fraction of sp³-hybridized carbons (Fsp3) is 0.0667. The summed E-state index contributed by atoms with van der Waals surface area (Å²) in [6, 6.07) is 37.9. The van der Waals surface area contributed by atoms with Crippen molar-refractivity contribution in [1.29, 1.82) is 0 Å². The smallest absolute Gasteiger partial charge is 0.161 e. The maximum Gasteiger partial charge on any atom is 0.161 e. The van der Waals surface area contributed by atoms with Crippen molar-refractivity contribution >= 4 is 21.5 Å². The minimum absolute atomic E-state index is 0.0926. The normalized spacial score (nSPS) is 14.9. The number of rotatable bonds is 4. The number of hydrogen-bond donors (Lipinski definition) is 0. The molecule has 47 heavy (non-hydrogen) atoms. The average molecular weight is 607 g/mol. The van der Waals surface area contributed by atoms with E-state index in [0.717, 1.165) is 44.2 Å². The quantitative estimate of drug-likeness (QED) is 0.199. The summed E-state index contributed by atoms with van der Waals surface area (Å²) >= 11 is 0. The Labute approximate surface area is 283 Å². The van der Waals surface area contributed by atoms with Gasteiger partial charge in [0.2, 0.25) is 0 Å². The van der Waals surface area contributed by atoms with Gasteiger partial charge in [-0.25, -0.2) is 9.97 Å². The van der Waals surface area contributed by atoms with Gasteiger partial charge >= 0.3 is 0 Å². The number of aromatic nitrogens is 2. The highest BCUT2D eigenvalue weighted by atomic mass is 14.9. The molecular weight excluding hydrogens is 569 g/mol. The van der Waals surface area contributed by atoms with Crippen LogP contribution in [0.3, 0.4) is 0 Å². The van der Waals surface area contributed by atoms with E-state index in [1.165, 1.54) is 0 Å². The topological polar surface area (TPSA) is 25.8 Å². The Morgan fingerprint density at radius 3 is 1.72 bits per heavy atom. The molecule has 2 heteroatoms. The van der Waals surface area contributed by atoms with Crippen molar-refractivity contribution in [2.24, 2.45) is 0 Å². The van der Waals surface area contributed by atoms with Crippen molar-refractivity contribution in [2.75, 3.05) is 0 Å². The molecule has 0 fully saturated rings. The van der Waals surface area contributed by atoms with Crippen LogP contribution in [0.15, 0.2) is 158 Å². The third kappa shape index (κ3) is 4.40. The van der Waals surface area contributed by atoms with Crippen molar-refractivity contribution in [1.82, 2.24) is 9.97 Å². The molecule has 0 aliphatic heterocycles. The highest BCUT2D eigenvalue weighted by Gasteiger charge is 2.37. The van der Waals surface area contributed by atoms with E-state index in [0.29, 0.717) is 17.0 Å². The van der Waals surface area contributed by atoms with Crippen molar-refractivity contribution in [3.63, 3.8) is 0 Å². The molecule has 0 bridgehead atoms. The Kier molecular flexibility index (Phi) is 4.92. The van der Waals surface area contributed by atoms with Crippen molar-refractivity contribution in [3.05, 3.63) is 169 Å². The summed E-state index contributed by atoms with van der Waals surface area (Å²) in [5.74, 6) is 0.113. The molecule has 8 aromatic rings. The number of nitrogens with zero attached hydrogens (tertiary/aromatic N) is 2. The predicted octanol–water partition coefficient (Wildman–Crippen LogP) is 11.8. The lowest BCUT2D eigenvalue weighted by Gasteiger charge is -2.22. The lowest BCUT2D eigenvalue weighted by molar-refractivity contribution is 0.661. The maximum absolute atomic E-state index is 9.71. The summed E-state index contributed by atoms with van der Waals surface area (Å²) in [4.78, 5) is 9.89. The van der Waals surface area contributed by atoms with Gasteiger partial charge in [-0.05, 0) is 79.2 Å². The number of fused-ring (bicyclic) bond motifs is 5. The Morgan fingerprint density at radius 2 is 1.06 bits per heavy atom. The van der Waals surface area contributed by atoms with Gasteiger partial charge in [-0.1, -0.05) is 147 Å². The van der Waals surface area contributed by atoms with Crippen molar-refractivity contribution < 1.29 is 8.22 Å². The van der Waals surface area contributed by atoms with E-state index in [1.54, 1.807) is 0 Å². The number of hydrogen-bond acceptors (Lipinski definition) is 2. The Hall–Kier alpha value is -5.86. The second-order valence-corrected chi connectivity index (χ2v) is 12.5. The van der Waals surface area contributed by atoms with Crippen LogP contribution in [0, 0.1) is 0 Å². The maximum atomic E-state index is 9.71. The van der Waals surface area contributed by atoms with Crippen LogP contribution in [-0.4, -0.2) is 9.97 Å². The molecule has 0 amide bonds. The molecule has 0 unspecified atom stereocenters. The zero-order valence-electron chi connectivity index (χ0n) is 31.9. The highest BCUT2D eigenvalue weighted by molar-refractivity contribution is 6.08. The standard InChI is InChI=1S/C45H32N2/c1-45(2)39-23-13-22-36(43(39)38-26-31-18-9-10-19-32(31)27-40(38)45)35-24-25-37(34-21-12-11-20-33(34)35)44-46-41(29-14-5-3-6-15-29)28-42(47-44)30-16-7-4-8-17-30/h3-28H,1-2H3/i11D,12D,20D,21D,24D,25D. The van der Waals surface area contributed by atoms with Gasteiger partial charge in [0.1, 0.15) is 0 Å². The third-order valence-corrected chi connectivity index (χ3v) is 9.42. The lowest BCUT2D eigenvalue weighted by Crippen LogP contribution is -2.14. The van der Waals surface area contributed by atoms with E-state index in [1.807, 2.05) is 91.0 Å². The first-order valence-electron chi connectivity index (χ1n) is 18.8. The second-order valence-electron chi connectivity index (χ2n) is 12.5. The van der Waals surface area contributed by atoms with Gasteiger partial charge in [0.05, 0.1) is 19.6 Å². The first-order valence-corrected chi connectivity index (χ1v) is 15.8. The van der Waals surface area contributed by atoms with Crippen LogP contribution in [0.2, 0.25) is 0 Å². The first-order chi connectivity index (χ1) is 25.6. The Balaban J connectivity index is 1.40. The molecule has 1 heterocycles.